The highest BCUT2D eigenvalue weighted by atomic mass is 32.2. The van der Waals surface area contributed by atoms with Crippen LogP contribution in [0.2, 0.25) is 0 Å². The van der Waals surface area contributed by atoms with Crippen LogP contribution in [-0.2, 0) is 14.8 Å². The lowest BCUT2D eigenvalue weighted by atomic mass is 10.1. The van der Waals surface area contributed by atoms with Crippen LogP contribution >= 0.6 is 0 Å². The molecule has 1 amide bonds. The Labute approximate surface area is 161 Å². The van der Waals surface area contributed by atoms with Crippen molar-refractivity contribution in [3.8, 4) is 0 Å². The maximum atomic E-state index is 13.0. The normalized spacial score (nSPS) is 19.3. The minimum absolute atomic E-state index is 0.119. The number of anilines is 1. The van der Waals surface area contributed by atoms with Gasteiger partial charge in [0.05, 0.1) is 23.7 Å². The molecular weight excluding hydrogens is 368 g/mol. The van der Waals surface area contributed by atoms with Gasteiger partial charge in [-0.25, -0.2) is 17.7 Å². The summed E-state index contributed by atoms with van der Waals surface area (Å²) in [5.74, 6) is -0.269. The SMILES string of the molecule is CN(C)S(=O)(=O)c1ccc(N2CCOCC2)c(C(=O)NN2CCCCC2)c1. The van der Waals surface area contributed by atoms with Crippen molar-refractivity contribution in [2.24, 2.45) is 0 Å². The van der Waals surface area contributed by atoms with Gasteiger partial charge in [0, 0.05) is 46.0 Å². The second-order valence-corrected chi connectivity index (χ2v) is 9.21. The summed E-state index contributed by atoms with van der Waals surface area (Å²) in [5.41, 5.74) is 4.07. The van der Waals surface area contributed by atoms with Crippen LogP contribution in [0.25, 0.3) is 0 Å². The Morgan fingerprint density at radius 1 is 1.07 bits per heavy atom. The molecule has 0 saturated carbocycles. The summed E-state index contributed by atoms with van der Waals surface area (Å²) in [6.07, 6.45) is 3.26. The van der Waals surface area contributed by atoms with Gasteiger partial charge in [0.1, 0.15) is 0 Å². The van der Waals surface area contributed by atoms with Gasteiger partial charge < -0.3 is 9.64 Å². The molecule has 0 aliphatic carbocycles. The van der Waals surface area contributed by atoms with Gasteiger partial charge in [0.25, 0.3) is 5.91 Å². The van der Waals surface area contributed by atoms with E-state index in [1.165, 1.54) is 26.6 Å². The zero-order valence-electron chi connectivity index (χ0n) is 16.0. The van der Waals surface area contributed by atoms with E-state index in [9.17, 15) is 13.2 Å². The third-order valence-corrected chi connectivity index (χ3v) is 6.77. The topological polar surface area (TPSA) is 82.2 Å². The molecule has 2 saturated heterocycles. The molecule has 0 radical (unpaired) electrons. The van der Waals surface area contributed by atoms with Gasteiger partial charge in [0.15, 0.2) is 0 Å². The zero-order chi connectivity index (χ0) is 19.4. The Bertz CT molecular complexity index is 770. The molecule has 2 aliphatic heterocycles. The Morgan fingerprint density at radius 3 is 2.37 bits per heavy atom. The predicted octanol–water partition coefficient (Wildman–Crippen LogP) is 0.904. The van der Waals surface area contributed by atoms with Gasteiger partial charge >= 0.3 is 0 Å². The number of morpholine rings is 1. The molecule has 0 unspecified atom stereocenters. The molecule has 150 valence electrons. The van der Waals surface area contributed by atoms with Crippen molar-refractivity contribution in [1.82, 2.24) is 14.7 Å². The number of rotatable bonds is 5. The standard InChI is InChI=1S/C18H28N4O4S/c1-20(2)27(24,25)15-6-7-17(21-10-12-26-13-11-21)16(14-15)18(23)19-22-8-4-3-5-9-22/h6-7,14H,3-5,8-13H2,1-2H3,(H,19,23). The Morgan fingerprint density at radius 2 is 1.74 bits per heavy atom. The van der Waals surface area contributed by atoms with Gasteiger partial charge in [-0.2, -0.15) is 0 Å². The van der Waals surface area contributed by atoms with E-state index in [2.05, 4.69) is 10.3 Å². The summed E-state index contributed by atoms with van der Waals surface area (Å²) in [7, 11) is -0.647. The first-order valence-corrected chi connectivity index (χ1v) is 10.8. The number of amides is 1. The molecule has 27 heavy (non-hydrogen) atoms. The molecule has 0 spiro atoms. The molecule has 8 nitrogen and oxygen atoms in total. The lowest BCUT2D eigenvalue weighted by Gasteiger charge is -2.32. The largest absolute Gasteiger partial charge is 0.378 e. The predicted molar refractivity (Wildman–Crippen MR) is 103 cm³/mol. The fourth-order valence-electron chi connectivity index (χ4n) is 3.36. The van der Waals surface area contributed by atoms with Crippen LogP contribution in [0.5, 0.6) is 0 Å². The van der Waals surface area contributed by atoms with Crippen molar-refractivity contribution in [2.75, 3.05) is 58.4 Å². The monoisotopic (exact) mass is 396 g/mol. The quantitative estimate of drug-likeness (QED) is 0.797. The van der Waals surface area contributed by atoms with Crippen molar-refractivity contribution in [3.63, 3.8) is 0 Å². The molecule has 1 aromatic rings. The van der Waals surface area contributed by atoms with Gasteiger partial charge in [-0.15, -0.1) is 0 Å². The van der Waals surface area contributed by atoms with Crippen LogP contribution in [0.1, 0.15) is 29.6 Å². The first-order chi connectivity index (χ1) is 12.9. The molecule has 1 aromatic carbocycles. The molecule has 1 N–H and O–H groups in total. The van der Waals surface area contributed by atoms with E-state index in [0.29, 0.717) is 31.9 Å². The number of hydrazine groups is 1. The van der Waals surface area contributed by atoms with Crippen LogP contribution in [0, 0.1) is 0 Å². The number of ether oxygens (including phenoxy) is 1. The van der Waals surface area contributed by atoms with Crippen molar-refractivity contribution in [3.05, 3.63) is 23.8 Å². The highest BCUT2D eigenvalue weighted by Crippen LogP contribution is 2.26. The number of carbonyl (C=O) groups is 1. The summed E-state index contributed by atoms with van der Waals surface area (Å²) in [5, 5.41) is 1.92. The molecule has 2 heterocycles. The third-order valence-electron chi connectivity index (χ3n) is 4.96. The molecule has 2 aliphatic rings. The highest BCUT2D eigenvalue weighted by molar-refractivity contribution is 7.89. The van der Waals surface area contributed by atoms with Crippen LogP contribution in [0.15, 0.2) is 23.1 Å². The minimum Gasteiger partial charge on any atom is -0.378 e. The average molecular weight is 397 g/mol. The van der Waals surface area contributed by atoms with E-state index in [-0.39, 0.29) is 10.8 Å². The average Bonchev–Trinajstić information content (AvgIpc) is 2.68. The first-order valence-electron chi connectivity index (χ1n) is 9.35. The van der Waals surface area contributed by atoms with Gasteiger partial charge in [0.2, 0.25) is 10.0 Å². The van der Waals surface area contributed by atoms with E-state index >= 15 is 0 Å². The summed E-state index contributed by atoms with van der Waals surface area (Å²) in [6.45, 7) is 4.14. The molecule has 0 bridgehead atoms. The molecule has 0 aromatic heterocycles. The van der Waals surface area contributed by atoms with Crippen molar-refractivity contribution >= 4 is 21.6 Å². The number of sulfonamides is 1. The van der Waals surface area contributed by atoms with Gasteiger partial charge in [-0.3, -0.25) is 10.2 Å². The fraction of sp³-hybridized carbons (Fsp3) is 0.611. The Hall–Kier alpha value is -1.68. The lowest BCUT2D eigenvalue weighted by Crippen LogP contribution is -2.46. The number of nitrogens with one attached hydrogen (secondary N) is 1. The summed E-state index contributed by atoms with van der Waals surface area (Å²) in [6, 6.07) is 4.78. The molecule has 3 rings (SSSR count). The fourth-order valence-corrected chi connectivity index (χ4v) is 4.29. The Balaban J connectivity index is 1.94. The Kier molecular flexibility index (Phi) is 6.36. The second kappa shape index (κ2) is 8.55. The molecule has 2 fully saturated rings. The van der Waals surface area contributed by atoms with E-state index < -0.39 is 10.0 Å². The van der Waals surface area contributed by atoms with Crippen molar-refractivity contribution < 1.29 is 17.9 Å². The van der Waals surface area contributed by atoms with E-state index in [4.69, 9.17) is 4.74 Å². The molecule has 0 atom stereocenters. The second-order valence-electron chi connectivity index (χ2n) is 7.05. The summed E-state index contributed by atoms with van der Waals surface area (Å²) < 4.78 is 31.6. The van der Waals surface area contributed by atoms with Crippen LogP contribution in [0.4, 0.5) is 5.69 Å². The zero-order valence-corrected chi connectivity index (χ0v) is 16.8. The third kappa shape index (κ3) is 4.60. The number of carbonyl (C=O) groups excluding carboxylic acids is 1. The summed E-state index contributed by atoms with van der Waals surface area (Å²) in [4.78, 5) is 15.2. The van der Waals surface area contributed by atoms with Crippen LogP contribution in [0.3, 0.4) is 0 Å². The van der Waals surface area contributed by atoms with Crippen LogP contribution < -0.4 is 10.3 Å². The van der Waals surface area contributed by atoms with Gasteiger partial charge in [-0.1, -0.05) is 6.42 Å². The van der Waals surface area contributed by atoms with Crippen LogP contribution in [-0.4, -0.2) is 77.1 Å². The number of benzene rings is 1. The van der Waals surface area contributed by atoms with E-state index in [0.717, 1.165) is 35.9 Å². The maximum Gasteiger partial charge on any atom is 0.267 e. The first kappa shape index (κ1) is 20.1. The van der Waals surface area contributed by atoms with E-state index in [1.54, 1.807) is 12.1 Å². The lowest BCUT2D eigenvalue weighted by molar-refractivity contribution is 0.0749. The maximum absolute atomic E-state index is 13.0. The van der Waals surface area contributed by atoms with Crippen molar-refractivity contribution in [1.29, 1.82) is 0 Å². The summed E-state index contributed by atoms with van der Waals surface area (Å²) >= 11 is 0. The molecular formula is C18H28N4O4S. The number of nitrogens with zero attached hydrogens (tertiary/aromatic N) is 3. The van der Waals surface area contributed by atoms with Crippen molar-refractivity contribution in [2.45, 2.75) is 24.2 Å². The number of piperidine rings is 1. The molecule has 9 heteroatoms. The number of hydrogen-bond donors (Lipinski definition) is 1. The highest BCUT2D eigenvalue weighted by Gasteiger charge is 2.25. The van der Waals surface area contributed by atoms with E-state index in [1.807, 2.05) is 5.01 Å². The smallest absolute Gasteiger partial charge is 0.267 e. The number of hydrogen-bond acceptors (Lipinski definition) is 6. The van der Waals surface area contributed by atoms with Gasteiger partial charge in [-0.05, 0) is 31.0 Å². The minimum atomic E-state index is -3.62.